The molecule has 0 aromatic heterocycles. The molecule has 3 aromatic rings. The molecule has 39 heavy (non-hydrogen) atoms. The second-order valence-electron chi connectivity index (χ2n) is 9.25. The molecular formula is C31H34O8. The summed E-state index contributed by atoms with van der Waals surface area (Å²) in [5.41, 5.74) is 2.88. The Kier molecular flexibility index (Phi) is 10.6. The van der Waals surface area contributed by atoms with Crippen molar-refractivity contribution in [2.75, 3.05) is 6.61 Å². The van der Waals surface area contributed by atoms with Crippen molar-refractivity contribution in [2.45, 2.75) is 64.4 Å². The molecule has 1 unspecified atom stereocenters. The highest BCUT2D eigenvalue weighted by atomic mass is 16.7. The summed E-state index contributed by atoms with van der Waals surface area (Å²) in [6, 6.07) is 29.1. The molecule has 0 N–H and O–H groups in total. The monoisotopic (exact) mass is 534 g/mol. The minimum Gasteiger partial charge on any atom is -0.453 e. The minimum absolute atomic E-state index is 0.129. The number of carbonyl (C=O) groups excluding carboxylic acids is 2. The molecule has 0 spiro atoms. The second-order valence-corrected chi connectivity index (χ2v) is 9.25. The molecule has 3 aromatic carbocycles. The number of esters is 2. The van der Waals surface area contributed by atoms with Gasteiger partial charge >= 0.3 is 11.9 Å². The number of hydrogen-bond acceptors (Lipinski definition) is 8. The molecule has 1 aliphatic rings. The average Bonchev–Trinajstić information content (AvgIpc) is 2.94. The Bertz CT molecular complexity index is 1150. The molecule has 206 valence electrons. The molecule has 5 atom stereocenters. The first-order valence-electron chi connectivity index (χ1n) is 12.9. The van der Waals surface area contributed by atoms with Gasteiger partial charge in [0.15, 0.2) is 6.10 Å². The Labute approximate surface area is 228 Å². The van der Waals surface area contributed by atoms with Crippen molar-refractivity contribution < 1.29 is 38.0 Å². The Morgan fingerprint density at radius 1 is 0.615 bits per heavy atom. The van der Waals surface area contributed by atoms with Crippen molar-refractivity contribution in [3.63, 3.8) is 0 Å². The first kappa shape index (κ1) is 28.4. The molecular weight excluding hydrogens is 500 g/mol. The fourth-order valence-electron chi connectivity index (χ4n) is 4.38. The van der Waals surface area contributed by atoms with Gasteiger partial charge in [-0.15, -0.1) is 0 Å². The third-order valence-electron chi connectivity index (χ3n) is 6.14. The van der Waals surface area contributed by atoms with Gasteiger partial charge in [0.25, 0.3) is 0 Å². The van der Waals surface area contributed by atoms with Crippen molar-refractivity contribution >= 4 is 11.9 Å². The van der Waals surface area contributed by atoms with E-state index in [-0.39, 0.29) is 19.8 Å². The maximum atomic E-state index is 12.1. The molecule has 0 amide bonds. The molecule has 8 heteroatoms. The predicted molar refractivity (Wildman–Crippen MR) is 142 cm³/mol. The lowest BCUT2D eigenvalue weighted by atomic mass is 9.98. The fourth-order valence-corrected chi connectivity index (χ4v) is 4.38. The minimum atomic E-state index is -1.20. The second kappa shape index (κ2) is 14.6. The highest BCUT2D eigenvalue weighted by Gasteiger charge is 2.51. The summed E-state index contributed by atoms with van der Waals surface area (Å²) >= 11 is 0. The highest BCUT2D eigenvalue weighted by molar-refractivity contribution is 5.67. The smallest absolute Gasteiger partial charge is 0.305 e. The van der Waals surface area contributed by atoms with Gasteiger partial charge in [-0.2, -0.15) is 0 Å². The van der Waals surface area contributed by atoms with E-state index in [1.54, 1.807) is 0 Å². The maximum Gasteiger partial charge on any atom is 0.305 e. The summed E-state index contributed by atoms with van der Waals surface area (Å²) < 4.78 is 36.0. The standard InChI is InChI=1S/C31H34O8/c1-22(32)37-30-29(36-20-26-16-10-5-11-17-26)28(35-19-25-14-8-4-9-15-25)27(39-31(30)38-23(2)33)21-34-18-24-12-6-3-7-13-24/h3-17,27-31H,18-21H2,1-2H3/t27-,28-,29+,30-,31?/m1/s1. The van der Waals surface area contributed by atoms with Crippen molar-refractivity contribution in [1.29, 1.82) is 0 Å². The van der Waals surface area contributed by atoms with Crippen LogP contribution in [0.5, 0.6) is 0 Å². The largest absolute Gasteiger partial charge is 0.453 e. The van der Waals surface area contributed by atoms with Gasteiger partial charge in [0.1, 0.15) is 18.3 Å². The quantitative estimate of drug-likeness (QED) is 0.312. The van der Waals surface area contributed by atoms with Crippen LogP contribution in [0.15, 0.2) is 91.0 Å². The molecule has 0 radical (unpaired) electrons. The molecule has 0 aliphatic carbocycles. The van der Waals surface area contributed by atoms with E-state index >= 15 is 0 Å². The van der Waals surface area contributed by atoms with E-state index < -0.39 is 42.6 Å². The van der Waals surface area contributed by atoms with E-state index in [1.165, 1.54) is 13.8 Å². The first-order valence-corrected chi connectivity index (χ1v) is 12.9. The summed E-state index contributed by atoms with van der Waals surface area (Å²) in [5.74, 6) is -1.14. The van der Waals surface area contributed by atoms with Crippen molar-refractivity contribution in [3.05, 3.63) is 108 Å². The lowest BCUT2D eigenvalue weighted by Crippen LogP contribution is -2.62. The topological polar surface area (TPSA) is 89.5 Å². The average molecular weight is 535 g/mol. The molecule has 0 saturated carbocycles. The number of carbonyl (C=O) groups is 2. The lowest BCUT2D eigenvalue weighted by molar-refractivity contribution is -0.312. The third kappa shape index (κ3) is 8.73. The molecule has 0 bridgehead atoms. The first-order chi connectivity index (χ1) is 19.0. The van der Waals surface area contributed by atoms with Crippen LogP contribution in [0.3, 0.4) is 0 Å². The summed E-state index contributed by atoms with van der Waals surface area (Å²) in [7, 11) is 0. The van der Waals surface area contributed by atoms with Gasteiger partial charge in [0.05, 0.1) is 26.4 Å². The molecule has 1 aliphatic heterocycles. The van der Waals surface area contributed by atoms with Gasteiger partial charge in [-0.3, -0.25) is 9.59 Å². The van der Waals surface area contributed by atoms with Crippen LogP contribution in [-0.4, -0.2) is 49.3 Å². The van der Waals surface area contributed by atoms with Crippen LogP contribution in [0.1, 0.15) is 30.5 Å². The Hall–Kier alpha value is -3.56. The van der Waals surface area contributed by atoms with Gasteiger partial charge in [-0.25, -0.2) is 0 Å². The van der Waals surface area contributed by atoms with Crippen LogP contribution in [0.2, 0.25) is 0 Å². The van der Waals surface area contributed by atoms with Gasteiger partial charge in [-0.05, 0) is 16.7 Å². The summed E-state index contributed by atoms with van der Waals surface area (Å²) in [6.45, 7) is 3.53. The lowest BCUT2D eigenvalue weighted by Gasteiger charge is -2.44. The Morgan fingerprint density at radius 3 is 1.56 bits per heavy atom. The fraction of sp³-hybridized carbons (Fsp3) is 0.355. The Balaban J connectivity index is 1.60. The van der Waals surface area contributed by atoms with Crippen molar-refractivity contribution in [1.82, 2.24) is 0 Å². The number of benzene rings is 3. The molecule has 1 fully saturated rings. The van der Waals surface area contributed by atoms with Gasteiger partial charge in [0.2, 0.25) is 6.29 Å². The van der Waals surface area contributed by atoms with Crippen LogP contribution < -0.4 is 0 Å². The summed E-state index contributed by atoms with van der Waals surface area (Å²) in [5, 5.41) is 0. The number of ether oxygens (including phenoxy) is 6. The van der Waals surface area contributed by atoms with Crippen LogP contribution in [0, 0.1) is 0 Å². The zero-order valence-corrected chi connectivity index (χ0v) is 22.1. The van der Waals surface area contributed by atoms with Crippen LogP contribution in [-0.2, 0) is 57.8 Å². The summed E-state index contributed by atoms with van der Waals surface area (Å²) in [4.78, 5) is 24.1. The molecule has 1 saturated heterocycles. The SMILES string of the molecule is CC(=O)OC1O[C@H](COCc2ccccc2)[C@@H](OCc2ccccc2)[C@H](OCc2ccccc2)[C@H]1OC(C)=O. The maximum absolute atomic E-state index is 12.1. The van der Waals surface area contributed by atoms with Gasteiger partial charge in [-0.1, -0.05) is 91.0 Å². The number of hydrogen-bond donors (Lipinski definition) is 0. The van der Waals surface area contributed by atoms with Crippen LogP contribution in [0.25, 0.3) is 0 Å². The highest BCUT2D eigenvalue weighted by Crippen LogP contribution is 2.31. The Morgan fingerprint density at radius 2 is 1.08 bits per heavy atom. The van der Waals surface area contributed by atoms with Gasteiger partial charge < -0.3 is 28.4 Å². The van der Waals surface area contributed by atoms with Crippen LogP contribution >= 0.6 is 0 Å². The van der Waals surface area contributed by atoms with E-state index in [0.717, 1.165) is 16.7 Å². The third-order valence-corrected chi connectivity index (χ3v) is 6.14. The van der Waals surface area contributed by atoms with E-state index in [9.17, 15) is 9.59 Å². The van der Waals surface area contributed by atoms with E-state index in [0.29, 0.717) is 6.61 Å². The molecule has 4 rings (SSSR count). The molecule has 1 heterocycles. The summed E-state index contributed by atoms with van der Waals surface area (Å²) in [6.07, 6.45) is -4.47. The van der Waals surface area contributed by atoms with E-state index in [2.05, 4.69) is 0 Å². The van der Waals surface area contributed by atoms with Crippen molar-refractivity contribution in [3.8, 4) is 0 Å². The van der Waals surface area contributed by atoms with Gasteiger partial charge in [0, 0.05) is 13.8 Å². The van der Waals surface area contributed by atoms with Crippen molar-refractivity contribution in [2.24, 2.45) is 0 Å². The number of rotatable bonds is 12. The normalized spacial score (nSPS) is 22.7. The zero-order valence-electron chi connectivity index (χ0n) is 22.1. The predicted octanol–water partition coefficient (Wildman–Crippen LogP) is 4.59. The zero-order chi connectivity index (χ0) is 27.5. The van der Waals surface area contributed by atoms with E-state index in [4.69, 9.17) is 28.4 Å². The van der Waals surface area contributed by atoms with Crippen LogP contribution in [0.4, 0.5) is 0 Å². The molecule has 8 nitrogen and oxygen atoms in total. The van der Waals surface area contributed by atoms with E-state index in [1.807, 2.05) is 91.0 Å².